The lowest BCUT2D eigenvalue weighted by Crippen LogP contribution is -2.51. The van der Waals surface area contributed by atoms with Gasteiger partial charge in [0.2, 0.25) is 0 Å². The Balaban J connectivity index is 2.99. The van der Waals surface area contributed by atoms with Crippen LogP contribution in [0.1, 0.15) is 13.3 Å². The van der Waals surface area contributed by atoms with Crippen LogP contribution in [0.5, 0.6) is 0 Å². The number of hydrogen-bond donors (Lipinski definition) is 3. The van der Waals surface area contributed by atoms with Crippen LogP contribution in [0, 0.1) is 0 Å². The Morgan fingerprint density at radius 3 is 2.85 bits per heavy atom. The molecule has 0 fully saturated rings. The van der Waals surface area contributed by atoms with Crippen molar-refractivity contribution >= 4 is 5.97 Å². The number of carboxylic acid groups (broad SMARTS) is 1. The summed E-state index contributed by atoms with van der Waals surface area (Å²) in [5.74, 6) is -1.12. The molecule has 4 nitrogen and oxygen atoms in total. The molecule has 0 aromatic carbocycles. The molecule has 0 aliphatic heterocycles. The Morgan fingerprint density at radius 2 is 2.38 bits per heavy atom. The number of carbonyl (C=O) groups is 1. The average molecular weight is 183 g/mol. The summed E-state index contributed by atoms with van der Waals surface area (Å²) in [6.07, 6.45) is 3.94. The largest absolute Gasteiger partial charge is 0.478 e. The summed E-state index contributed by atoms with van der Waals surface area (Å²) in [6, 6.07) is 0. The minimum Gasteiger partial charge on any atom is -0.478 e. The van der Waals surface area contributed by atoms with Crippen molar-refractivity contribution in [2.24, 2.45) is 5.73 Å². The third kappa shape index (κ3) is 1.64. The Morgan fingerprint density at radius 1 is 1.77 bits per heavy atom. The standard InChI is InChI=1S/C9H13NO3/c1-2-9(10)5-3-4-6(7(9)11)8(12)13/h3-5,7,11H,2,10H2,1H3,(H,12,13). The van der Waals surface area contributed by atoms with Gasteiger partial charge in [0.15, 0.2) is 0 Å². The van der Waals surface area contributed by atoms with E-state index in [9.17, 15) is 9.90 Å². The first-order valence-electron chi connectivity index (χ1n) is 4.11. The van der Waals surface area contributed by atoms with Crippen LogP contribution in [-0.4, -0.2) is 27.8 Å². The van der Waals surface area contributed by atoms with Gasteiger partial charge in [0.25, 0.3) is 0 Å². The maximum Gasteiger partial charge on any atom is 0.334 e. The molecule has 0 bridgehead atoms. The average Bonchev–Trinajstić information content (AvgIpc) is 2.09. The first kappa shape index (κ1) is 9.95. The van der Waals surface area contributed by atoms with Crippen molar-refractivity contribution in [2.45, 2.75) is 25.0 Å². The molecule has 0 aromatic rings. The van der Waals surface area contributed by atoms with E-state index in [4.69, 9.17) is 10.8 Å². The number of nitrogens with two attached hydrogens (primary N) is 1. The molecule has 72 valence electrons. The monoisotopic (exact) mass is 183 g/mol. The van der Waals surface area contributed by atoms with Gasteiger partial charge in [-0.25, -0.2) is 4.79 Å². The molecule has 2 atom stereocenters. The van der Waals surface area contributed by atoms with E-state index in [0.717, 1.165) is 0 Å². The van der Waals surface area contributed by atoms with E-state index in [2.05, 4.69) is 0 Å². The van der Waals surface area contributed by atoms with Crippen LogP contribution < -0.4 is 5.73 Å². The summed E-state index contributed by atoms with van der Waals surface area (Å²) in [5.41, 5.74) is 4.80. The van der Waals surface area contributed by atoms with Crippen molar-refractivity contribution in [1.29, 1.82) is 0 Å². The SMILES string of the molecule is CCC1(N)C=CC=C(C(=O)O)C1O. The summed E-state index contributed by atoms with van der Waals surface area (Å²) >= 11 is 0. The van der Waals surface area contributed by atoms with Gasteiger partial charge in [0.05, 0.1) is 11.1 Å². The van der Waals surface area contributed by atoms with E-state index in [-0.39, 0.29) is 5.57 Å². The normalized spacial score (nSPS) is 32.8. The van der Waals surface area contributed by atoms with Gasteiger partial charge in [0.1, 0.15) is 6.10 Å². The second-order valence-corrected chi connectivity index (χ2v) is 3.15. The summed E-state index contributed by atoms with van der Waals surface area (Å²) in [7, 11) is 0. The molecule has 0 saturated carbocycles. The Labute approximate surface area is 76.4 Å². The lowest BCUT2D eigenvalue weighted by Gasteiger charge is -2.32. The highest BCUT2D eigenvalue weighted by Crippen LogP contribution is 2.24. The molecule has 1 aliphatic rings. The number of aliphatic carboxylic acids is 1. The van der Waals surface area contributed by atoms with Gasteiger partial charge >= 0.3 is 5.97 Å². The first-order valence-corrected chi connectivity index (χ1v) is 4.11. The lowest BCUT2D eigenvalue weighted by molar-refractivity contribution is -0.134. The van der Waals surface area contributed by atoms with Gasteiger partial charge in [-0.05, 0) is 12.5 Å². The van der Waals surface area contributed by atoms with Gasteiger partial charge in [-0.1, -0.05) is 19.1 Å². The van der Waals surface area contributed by atoms with Crippen LogP contribution in [0.15, 0.2) is 23.8 Å². The molecule has 0 aromatic heterocycles. The van der Waals surface area contributed by atoms with Crippen molar-refractivity contribution in [3.8, 4) is 0 Å². The molecule has 0 spiro atoms. The molecular formula is C9H13NO3. The zero-order valence-electron chi connectivity index (χ0n) is 7.40. The van der Waals surface area contributed by atoms with Gasteiger partial charge in [-0.2, -0.15) is 0 Å². The van der Waals surface area contributed by atoms with Crippen molar-refractivity contribution in [2.75, 3.05) is 0 Å². The summed E-state index contributed by atoms with van der Waals surface area (Å²) in [6.45, 7) is 1.80. The predicted octanol–water partition coefficient (Wildman–Crippen LogP) is 0.0356. The lowest BCUT2D eigenvalue weighted by atomic mass is 9.82. The maximum absolute atomic E-state index is 10.7. The fourth-order valence-electron chi connectivity index (χ4n) is 1.30. The van der Waals surface area contributed by atoms with E-state index in [1.54, 1.807) is 19.1 Å². The fraction of sp³-hybridized carbons (Fsp3) is 0.444. The molecular weight excluding hydrogens is 170 g/mol. The zero-order chi connectivity index (χ0) is 10.1. The highest BCUT2D eigenvalue weighted by Gasteiger charge is 2.36. The Kier molecular flexibility index (Phi) is 2.54. The van der Waals surface area contributed by atoms with Gasteiger partial charge in [-0.3, -0.25) is 0 Å². The van der Waals surface area contributed by atoms with E-state index in [1.807, 2.05) is 0 Å². The summed E-state index contributed by atoms with van der Waals surface area (Å²) < 4.78 is 0. The third-order valence-electron chi connectivity index (χ3n) is 2.35. The predicted molar refractivity (Wildman–Crippen MR) is 48.1 cm³/mol. The second-order valence-electron chi connectivity index (χ2n) is 3.15. The second kappa shape index (κ2) is 3.32. The summed E-state index contributed by atoms with van der Waals surface area (Å²) in [5, 5.41) is 18.4. The molecule has 0 saturated heterocycles. The topological polar surface area (TPSA) is 83.6 Å². The molecule has 4 heteroatoms. The first-order chi connectivity index (χ1) is 6.01. The molecule has 1 rings (SSSR count). The Bertz CT molecular complexity index is 283. The van der Waals surface area contributed by atoms with Crippen molar-refractivity contribution < 1.29 is 15.0 Å². The minimum absolute atomic E-state index is 0.0492. The number of hydrogen-bond acceptors (Lipinski definition) is 3. The number of allylic oxidation sites excluding steroid dienone is 2. The van der Waals surface area contributed by atoms with Crippen LogP contribution >= 0.6 is 0 Å². The van der Waals surface area contributed by atoms with Crippen molar-refractivity contribution in [1.82, 2.24) is 0 Å². The van der Waals surface area contributed by atoms with Crippen LogP contribution in [0.4, 0.5) is 0 Å². The van der Waals surface area contributed by atoms with E-state index in [0.29, 0.717) is 6.42 Å². The molecule has 0 amide bonds. The molecule has 2 unspecified atom stereocenters. The highest BCUT2D eigenvalue weighted by atomic mass is 16.4. The molecule has 0 heterocycles. The summed E-state index contributed by atoms with van der Waals surface area (Å²) in [4.78, 5) is 10.7. The van der Waals surface area contributed by atoms with E-state index in [1.165, 1.54) is 6.08 Å². The quantitative estimate of drug-likeness (QED) is 0.564. The van der Waals surface area contributed by atoms with Gasteiger partial charge in [-0.15, -0.1) is 0 Å². The third-order valence-corrected chi connectivity index (χ3v) is 2.35. The van der Waals surface area contributed by atoms with Gasteiger partial charge < -0.3 is 15.9 Å². The van der Waals surface area contributed by atoms with Crippen LogP contribution in [-0.2, 0) is 4.79 Å². The minimum atomic E-state index is -1.13. The fourth-order valence-corrected chi connectivity index (χ4v) is 1.30. The van der Waals surface area contributed by atoms with Crippen LogP contribution in [0.3, 0.4) is 0 Å². The number of rotatable bonds is 2. The van der Waals surface area contributed by atoms with Crippen molar-refractivity contribution in [3.63, 3.8) is 0 Å². The number of aliphatic hydroxyl groups excluding tert-OH is 1. The van der Waals surface area contributed by atoms with Crippen LogP contribution in [0.2, 0.25) is 0 Å². The Hall–Kier alpha value is -1.13. The van der Waals surface area contributed by atoms with E-state index >= 15 is 0 Å². The molecule has 13 heavy (non-hydrogen) atoms. The number of carboxylic acids is 1. The van der Waals surface area contributed by atoms with Gasteiger partial charge in [0, 0.05) is 0 Å². The highest BCUT2D eigenvalue weighted by molar-refractivity contribution is 5.89. The smallest absolute Gasteiger partial charge is 0.334 e. The zero-order valence-corrected chi connectivity index (χ0v) is 7.40. The molecule has 4 N–H and O–H groups in total. The van der Waals surface area contributed by atoms with Crippen molar-refractivity contribution in [3.05, 3.63) is 23.8 Å². The van der Waals surface area contributed by atoms with E-state index < -0.39 is 17.6 Å². The number of aliphatic hydroxyl groups is 1. The molecule has 0 radical (unpaired) electrons. The molecule has 1 aliphatic carbocycles. The maximum atomic E-state index is 10.7. The van der Waals surface area contributed by atoms with Crippen LogP contribution in [0.25, 0.3) is 0 Å².